The van der Waals surface area contributed by atoms with Crippen LogP contribution >= 0.6 is 11.3 Å². The van der Waals surface area contributed by atoms with Crippen LogP contribution in [0.4, 0.5) is 5.69 Å². The van der Waals surface area contributed by atoms with Gasteiger partial charge in [-0.3, -0.25) is 24.0 Å². The molecule has 402 valence electrons. The standard InChI is InChI=1S/C58H74N6O10S/c1-9-63(44-18-20-71-21-19-44)49-29-43(28-47(38(49)4)55(68)60-32-48-37(3)26-36(2)27-51(48)66)41-14-16-46(17-15-41)74-25-24-72-22-23-73-34-52(67)62-54(58(6,7)8)57(70)64-33-45(65)30-50(64)56(69)59-31-40-10-12-42(13-11-40)53-39(5)61-35-75-53/h10-17,26,28-29,35,44-45,50,54,65H,9,18-25,27,30-34H2,1-8H3,(H,59,69)(H,60,68)(H,62,67)/t45-,50+,54?/m1/s1. The Morgan fingerprint density at radius 1 is 0.893 bits per heavy atom. The number of hydrogen-bond acceptors (Lipinski definition) is 13. The second-order valence-electron chi connectivity index (χ2n) is 20.7. The molecule has 7 rings (SSSR count). The highest BCUT2D eigenvalue weighted by Crippen LogP contribution is 2.35. The van der Waals surface area contributed by atoms with Gasteiger partial charge in [0.15, 0.2) is 5.78 Å². The zero-order valence-electron chi connectivity index (χ0n) is 44.7. The molecule has 16 nitrogen and oxygen atoms in total. The predicted molar refractivity (Wildman–Crippen MR) is 291 cm³/mol. The summed E-state index contributed by atoms with van der Waals surface area (Å²) in [4.78, 5) is 76.7. The van der Waals surface area contributed by atoms with Crippen molar-refractivity contribution in [2.45, 2.75) is 112 Å². The number of Topliss-reactive ketones (excluding diaryl/α,β-unsaturated/α-hetero) is 1. The topological polar surface area (TPSA) is 198 Å². The highest BCUT2D eigenvalue weighted by Gasteiger charge is 2.44. The number of aryl methyl sites for hydroxylation is 1. The minimum Gasteiger partial charge on any atom is -0.491 e. The molecule has 3 aromatic carbocycles. The normalized spacial score (nSPS) is 17.6. The lowest BCUT2D eigenvalue weighted by Gasteiger charge is -2.37. The van der Waals surface area contributed by atoms with Crippen LogP contribution in [0.5, 0.6) is 5.75 Å². The van der Waals surface area contributed by atoms with Gasteiger partial charge in [0.2, 0.25) is 17.7 Å². The van der Waals surface area contributed by atoms with E-state index in [0.717, 1.165) is 74.6 Å². The number of anilines is 1. The summed E-state index contributed by atoms with van der Waals surface area (Å²) in [5.74, 6) is -0.881. The third-order valence-electron chi connectivity index (χ3n) is 14.0. The number of aliphatic hydroxyl groups is 1. The molecule has 3 heterocycles. The molecule has 2 fully saturated rings. The van der Waals surface area contributed by atoms with Crippen molar-refractivity contribution in [2.75, 3.05) is 70.8 Å². The van der Waals surface area contributed by atoms with Crippen molar-refractivity contribution >= 4 is 46.4 Å². The average Bonchev–Trinajstić information content (AvgIpc) is 4.01. The van der Waals surface area contributed by atoms with Crippen molar-refractivity contribution < 1.29 is 48.0 Å². The van der Waals surface area contributed by atoms with Gasteiger partial charge in [-0.2, -0.15) is 0 Å². The number of likely N-dealkylation sites (tertiary alicyclic amines) is 1. The van der Waals surface area contributed by atoms with Crippen molar-refractivity contribution in [3.05, 3.63) is 111 Å². The minimum absolute atomic E-state index is 0.0276. The van der Waals surface area contributed by atoms with E-state index >= 15 is 0 Å². The summed E-state index contributed by atoms with van der Waals surface area (Å²) in [5.41, 5.74) is 10.7. The maximum absolute atomic E-state index is 14.0. The molecule has 4 N–H and O–H groups in total. The van der Waals surface area contributed by atoms with E-state index in [1.807, 2.05) is 115 Å². The summed E-state index contributed by atoms with van der Waals surface area (Å²) in [6.45, 7) is 18.5. The second-order valence-corrected chi connectivity index (χ2v) is 21.6. The largest absolute Gasteiger partial charge is 0.491 e. The maximum Gasteiger partial charge on any atom is 0.251 e. The summed E-state index contributed by atoms with van der Waals surface area (Å²) in [7, 11) is 0. The summed E-state index contributed by atoms with van der Waals surface area (Å²) in [6, 6.07) is 18.0. The maximum atomic E-state index is 14.0. The average molecular weight is 1050 g/mol. The summed E-state index contributed by atoms with van der Waals surface area (Å²) >= 11 is 1.57. The number of aliphatic hydroxyl groups excluding tert-OH is 1. The molecule has 4 aromatic rings. The Balaban J connectivity index is 0.866. The quantitative estimate of drug-likeness (QED) is 0.0575. The first-order valence-corrected chi connectivity index (χ1v) is 26.9. The zero-order valence-corrected chi connectivity index (χ0v) is 45.5. The fourth-order valence-corrected chi connectivity index (χ4v) is 10.8. The number of nitrogens with zero attached hydrogens (tertiary/aromatic N) is 3. The minimum atomic E-state index is -0.985. The Morgan fingerprint density at radius 3 is 2.25 bits per heavy atom. The Hall–Kier alpha value is -6.24. The number of benzene rings is 3. The Morgan fingerprint density at radius 2 is 1.59 bits per heavy atom. The molecule has 1 aromatic heterocycles. The van der Waals surface area contributed by atoms with Crippen LogP contribution in [0.2, 0.25) is 0 Å². The first kappa shape index (κ1) is 56.5. The van der Waals surface area contributed by atoms with Gasteiger partial charge in [-0.25, -0.2) is 4.98 Å². The van der Waals surface area contributed by atoms with E-state index in [2.05, 4.69) is 38.8 Å². The number of aromatic nitrogens is 1. The number of allylic oxidation sites excluding steroid dienone is 3. The van der Waals surface area contributed by atoms with Gasteiger partial charge in [0.05, 0.1) is 42.0 Å². The van der Waals surface area contributed by atoms with Crippen molar-refractivity contribution in [3.8, 4) is 27.3 Å². The highest BCUT2D eigenvalue weighted by molar-refractivity contribution is 7.13. The third-order valence-corrected chi connectivity index (χ3v) is 15.0. The molecule has 1 unspecified atom stereocenters. The monoisotopic (exact) mass is 1050 g/mol. The van der Waals surface area contributed by atoms with Gasteiger partial charge >= 0.3 is 0 Å². The number of nitrogens with one attached hydrogen (secondary N) is 3. The molecule has 17 heteroatoms. The molecule has 75 heavy (non-hydrogen) atoms. The number of β-amino-alcohol motifs (C(OH)–C–C–N with tert-alkyl or cyclic N) is 1. The molecular formula is C58H74N6O10S. The Labute approximate surface area is 445 Å². The number of carbonyl (C=O) groups is 5. The lowest BCUT2D eigenvalue weighted by atomic mass is 9.85. The lowest BCUT2D eigenvalue weighted by Crippen LogP contribution is -2.58. The van der Waals surface area contributed by atoms with Crippen LogP contribution in [0.1, 0.15) is 94.4 Å². The number of carbonyl (C=O) groups excluding carboxylic acids is 5. The number of ketones is 1. The van der Waals surface area contributed by atoms with E-state index in [1.165, 1.54) is 4.90 Å². The fraction of sp³-hybridized carbons (Fsp3) is 0.483. The highest BCUT2D eigenvalue weighted by atomic mass is 32.1. The predicted octanol–water partition coefficient (Wildman–Crippen LogP) is 7.29. The van der Waals surface area contributed by atoms with Crippen molar-refractivity contribution in [1.82, 2.24) is 25.8 Å². The molecule has 1 aliphatic carbocycles. The Kier molecular flexibility index (Phi) is 19.6. The smallest absolute Gasteiger partial charge is 0.251 e. The van der Waals surface area contributed by atoms with E-state index in [0.29, 0.717) is 36.5 Å². The van der Waals surface area contributed by atoms with E-state index in [9.17, 15) is 29.1 Å². The van der Waals surface area contributed by atoms with E-state index in [1.54, 1.807) is 11.3 Å². The van der Waals surface area contributed by atoms with Gasteiger partial charge in [-0.1, -0.05) is 68.8 Å². The third kappa shape index (κ3) is 14.8. The second kappa shape index (κ2) is 26.0. The van der Waals surface area contributed by atoms with Crippen LogP contribution in [0.25, 0.3) is 21.6 Å². The summed E-state index contributed by atoms with van der Waals surface area (Å²) in [5, 5.41) is 19.4. The Bertz CT molecular complexity index is 2720. The molecule has 0 bridgehead atoms. The summed E-state index contributed by atoms with van der Waals surface area (Å²) in [6.07, 6.45) is 3.37. The van der Waals surface area contributed by atoms with E-state index in [4.69, 9.17) is 18.9 Å². The molecule has 0 spiro atoms. The molecule has 2 saturated heterocycles. The van der Waals surface area contributed by atoms with E-state index < -0.39 is 35.4 Å². The molecule has 0 saturated carbocycles. The van der Waals surface area contributed by atoms with Crippen LogP contribution in [-0.2, 0) is 39.9 Å². The van der Waals surface area contributed by atoms with Crippen LogP contribution in [0, 0.1) is 19.3 Å². The molecule has 4 amide bonds. The van der Waals surface area contributed by atoms with Crippen LogP contribution < -0.4 is 25.6 Å². The van der Waals surface area contributed by atoms with Crippen LogP contribution in [-0.4, -0.2) is 135 Å². The number of hydrogen-bond donors (Lipinski definition) is 4. The van der Waals surface area contributed by atoms with Crippen LogP contribution in [0.15, 0.2) is 89.0 Å². The number of ether oxygens (including phenoxy) is 4. The van der Waals surface area contributed by atoms with Crippen molar-refractivity contribution in [1.29, 1.82) is 0 Å². The van der Waals surface area contributed by atoms with E-state index in [-0.39, 0.29) is 82.7 Å². The molecule has 0 radical (unpaired) electrons. The van der Waals surface area contributed by atoms with Gasteiger partial charge in [0.25, 0.3) is 5.91 Å². The molecular weight excluding hydrogens is 973 g/mol. The molecule has 3 atom stereocenters. The SMILES string of the molecule is CCN(c1cc(-c2ccc(OCCOCCOCC(=O)NC(C(=O)N3C[C@H](O)C[C@H]3C(=O)NCc3ccc(-c4scnc4C)cc3)C(C)(C)C)cc2)cc(C(=O)NCC2=C(C)C=C(C)CC2=O)c1C)C1CCOCC1. The first-order chi connectivity index (χ1) is 35.9. The van der Waals surface area contributed by atoms with Crippen LogP contribution in [0.3, 0.4) is 0 Å². The molecule has 2 aliphatic heterocycles. The summed E-state index contributed by atoms with van der Waals surface area (Å²) < 4.78 is 23.0. The van der Waals surface area contributed by atoms with Crippen molar-refractivity contribution in [2.24, 2.45) is 5.41 Å². The van der Waals surface area contributed by atoms with Gasteiger partial charge in [0.1, 0.15) is 31.0 Å². The number of rotatable bonds is 22. The lowest BCUT2D eigenvalue weighted by molar-refractivity contribution is -0.144. The molecule has 3 aliphatic rings. The van der Waals surface area contributed by atoms with Gasteiger partial charge in [-0.05, 0) is 111 Å². The van der Waals surface area contributed by atoms with Gasteiger partial charge in [-0.15, -0.1) is 11.3 Å². The first-order valence-electron chi connectivity index (χ1n) is 26.0. The number of amides is 4. The number of thiazole rings is 1. The van der Waals surface area contributed by atoms with Gasteiger partial charge in [0, 0.05) is 75.1 Å². The van der Waals surface area contributed by atoms with Gasteiger partial charge < -0.3 is 49.8 Å². The van der Waals surface area contributed by atoms with Crippen molar-refractivity contribution in [3.63, 3.8) is 0 Å². The zero-order chi connectivity index (χ0) is 53.8. The fourth-order valence-electron chi connectivity index (χ4n) is 9.94.